The molecule has 0 bridgehead atoms. The number of rotatable bonds is 2. The maximum atomic E-state index is 13.2. The Kier molecular flexibility index (Phi) is 4.50. The summed E-state index contributed by atoms with van der Waals surface area (Å²) < 4.78 is 13.2. The van der Waals surface area contributed by atoms with Crippen LogP contribution in [0.5, 0.6) is 0 Å². The molecular formula is C24H23FN4O. The summed E-state index contributed by atoms with van der Waals surface area (Å²) in [4.78, 5) is 23.9. The van der Waals surface area contributed by atoms with Crippen molar-refractivity contribution < 1.29 is 9.18 Å². The molecule has 152 valence electrons. The molecule has 0 unspecified atom stereocenters. The topological polar surface area (TPSA) is 58.1 Å². The number of nitrogens with zero attached hydrogens (tertiary/aromatic N) is 3. The molecule has 2 aromatic carbocycles. The Labute approximate surface area is 175 Å². The molecule has 0 saturated carbocycles. The maximum absolute atomic E-state index is 13.2. The molecule has 1 fully saturated rings. The zero-order chi connectivity index (χ0) is 20.7. The monoisotopic (exact) mass is 402 g/mol. The third kappa shape index (κ3) is 3.03. The molecule has 2 aliphatic rings. The van der Waals surface area contributed by atoms with Crippen LogP contribution in [0.1, 0.15) is 34.3 Å². The van der Waals surface area contributed by atoms with Gasteiger partial charge in [0, 0.05) is 42.9 Å². The summed E-state index contributed by atoms with van der Waals surface area (Å²) in [5, 5.41) is 3.03. The number of anilines is 1. The van der Waals surface area contributed by atoms with E-state index in [-0.39, 0.29) is 17.1 Å². The molecule has 1 aliphatic carbocycles. The minimum Gasteiger partial charge on any atom is -0.357 e. The predicted molar refractivity (Wildman–Crippen MR) is 114 cm³/mol. The second kappa shape index (κ2) is 7.20. The first-order valence-corrected chi connectivity index (χ1v) is 10.3. The molecule has 1 aromatic heterocycles. The Morgan fingerprint density at radius 1 is 1.10 bits per heavy atom. The lowest BCUT2D eigenvalue weighted by atomic mass is 9.64. The number of piperidine rings is 1. The van der Waals surface area contributed by atoms with Crippen LogP contribution in [-0.4, -0.2) is 40.9 Å². The van der Waals surface area contributed by atoms with E-state index in [4.69, 9.17) is 4.98 Å². The predicted octanol–water partition coefficient (Wildman–Crippen LogP) is 4.05. The van der Waals surface area contributed by atoms with Gasteiger partial charge in [-0.1, -0.05) is 24.3 Å². The number of nitrogens with one attached hydrogen (secondary N) is 1. The van der Waals surface area contributed by atoms with E-state index in [1.54, 1.807) is 12.1 Å². The van der Waals surface area contributed by atoms with E-state index in [1.807, 2.05) is 18.1 Å². The van der Waals surface area contributed by atoms with Gasteiger partial charge >= 0.3 is 0 Å². The number of hydrogen-bond acceptors (Lipinski definition) is 4. The van der Waals surface area contributed by atoms with Gasteiger partial charge in [0.25, 0.3) is 5.91 Å². The number of benzene rings is 2. The smallest absolute Gasteiger partial charge is 0.253 e. The first kappa shape index (κ1) is 18.7. The van der Waals surface area contributed by atoms with Gasteiger partial charge < -0.3 is 10.2 Å². The summed E-state index contributed by atoms with van der Waals surface area (Å²) in [5.74, 6) is 0.265. The van der Waals surface area contributed by atoms with Crippen LogP contribution in [0.4, 0.5) is 10.3 Å². The van der Waals surface area contributed by atoms with Crippen LogP contribution in [0.15, 0.2) is 54.7 Å². The Hall–Kier alpha value is -3.28. The molecule has 5 rings (SSSR count). The lowest BCUT2D eigenvalue weighted by molar-refractivity contribution is 0.0664. The van der Waals surface area contributed by atoms with Crippen LogP contribution >= 0.6 is 0 Å². The molecule has 30 heavy (non-hydrogen) atoms. The van der Waals surface area contributed by atoms with Crippen molar-refractivity contribution in [3.05, 3.63) is 77.2 Å². The van der Waals surface area contributed by atoms with Crippen molar-refractivity contribution >= 4 is 11.9 Å². The Morgan fingerprint density at radius 2 is 1.83 bits per heavy atom. The van der Waals surface area contributed by atoms with Crippen molar-refractivity contribution in [3.63, 3.8) is 0 Å². The average molecular weight is 402 g/mol. The number of carbonyl (C=O) groups is 1. The number of hydrogen-bond donors (Lipinski definition) is 1. The minimum absolute atomic E-state index is 0.0201. The van der Waals surface area contributed by atoms with E-state index < -0.39 is 0 Å². The van der Waals surface area contributed by atoms with Gasteiger partial charge in [-0.2, -0.15) is 0 Å². The lowest BCUT2D eigenvalue weighted by Crippen LogP contribution is -2.47. The van der Waals surface area contributed by atoms with E-state index in [0.29, 0.717) is 24.6 Å². The van der Waals surface area contributed by atoms with Gasteiger partial charge in [-0.15, -0.1) is 0 Å². The summed E-state index contributed by atoms with van der Waals surface area (Å²) in [5.41, 5.74) is 5.15. The second-order valence-electron chi connectivity index (χ2n) is 8.12. The Balaban J connectivity index is 1.43. The molecule has 1 spiro atoms. The van der Waals surface area contributed by atoms with Crippen molar-refractivity contribution in [1.82, 2.24) is 14.9 Å². The van der Waals surface area contributed by atoms with E-state index in [9.17, 15) is 9.18 Å². The third-order valence-electron chi connectivity index (χ3n) is 6.47. The van der Waals surface area contributed by atoms with Gasteiger partial charge in [-0.25, -0.2) is 14.4 Å². The summed E-state index contributed by atoms with van der Waals surface area (Å²) in [6.07, 6.45) is 4.57. The third-order valence-corrected chi connectivity index (χ3v) is 6.47. The van der Waals surface area contributed by atoms with Gasteiger partial charge in [0.2, 0.25) is 5.95 Å². The molecule has 1 N–H and O–H groups in total. The number of fused-ring (bicyclic) bond motifs is 4. The minimum atomic E-state index is -0.328. The van der Waals surface area contributed by atoms with Gasteiger partial charge in [-0.05, 0) is 54.7 Å². The second-order valence-corrected chi connectivity index (χ2v) is 8.12. The van der Waals surface area contributed by atoms with Crippen LogP contribution in [0.3, 0.4) is 0 Å². The van der Waals surface area contributed by atoms with Gasteiger partial charge in [0.1, 0.15) is 5.82 Å². The molecule has 3 aromatic rings. The molecule has 1 amide bonds. The molecule has 1 saturated heterocycles. The molecule has 5 nitrogen and oxygen atoms in total. The van der Waals surface area contributed by atoms with Crippen molar-refractivity contribution in [2.24, 2.45) is 0 Å². The molecule has 6 heteroatoms. The van der Waals surface area contributed by atoms with Crippen LogP contribution in [-0.2, 0) is 11.8 Å². The molecule has 2 heterocycles. The number of carbonyl (C=O) groups excluding carboxylic acids is 1. The van der Waals surface area contributed by atoms with Crippen LogP contribution in [0.25, 0.3) is 11.3 Å². The van der Waals surface area contributed by atoms with Crippen LogP contribution in [0.2, 0.25) is 0 Å². The highest BCUT2D eigenvalue weighted by Crippen LogP contribution is 2.48. The average Bonchev–Trinajstić information content (AvgIpc) is 2.80. The van der Waals surface area contributed by atoms with E-state index in [1.165, 1.54) is 17.7 Å². The standard InChI is InChI=1S/C24H23FN4O/c1-26-23-27-15-17-14-24(20-5-3-2-4-19(20)21(17)28-23)10-12-29(13-11-24)22(30)16-6-8-18(25)9-7-16/h2-9,15H,10-14H2,1H3,(H,26,27,28). The van der Waals surface area contributed by atoms with Gasteiger partial charge in [0.05, 0.1) is 5.69 Å². The zero-order valence-corrected chi connectivity index (χ0v) is 16.9. The number of halogens is 1. The van der Waals surface area contributed by atoms with Crippen molar-refractivity contribution in [2.75, 3.05) is 25.5 Å². The number of likely N-dealkylation sites (tertiary alicyclic amines) is 1. The fourth-order valence-electron chi connectivity index (χ4n) is 4.86. The molecule has 0 atom stereocenters. The maximum Gasteiger partial charge on any atom is 0.253 e. The fourth-order valence-corrected chi connectivity index (χ4v) is 4.86. The normalized spacial score (nSPS) is 16.7. The van der Waals surface area contributed by atoms with E-state index in [0.717, 1.165) is 36.1 Å². The quantitative estimate of drug-likeness (QED) is 0.703. The summed E-state index contributed by atoms with van der Waals surface area (Å²) >= 11 is 0. The van der Waals surface area contributed by atoms with Crippen molar-refractivity contribution in [2.45, 2.75) is 24.7 Å². The highest BCUT2D eigenvalue weighted by atomic mass is 19.1. The van der Waals surface area contributed by atoms with Crippen LogP contribution < -0.4 is 5.32 Å². The molecule has 1 aliphatic heterocycles. The summed E-state index contributed by atoms with van der Waals surface area (Å²) in [6.45, 7) is 1.35. The first-order chi connectivity index (χ1) is 14.6. The Morgan fingerprint density at radius 3 is 2.57 bits per heavy atom. The number of amides is 1. The zero-order valence-electron chi connectivity index (χ0n) is 16.9. The fraction of sp³-hybridized carbons (Fsp3) is 0.292. The highest BCUT2D eigenvalue weighted by molar-refractivity contribution is 5.94. The SMILES string of the molecule is CNc1ncc2c(n1)-c1ccccc1C1(CCN(C(=O)c3ccc(F)cc3)CC1)C2. The van der Waals surface area contributed by atoms with Crippen LogP contribution in [0, 0.1) is 5.82 Å². The van der Waals surface area contributed by atoms with Crippen molar-refractivity contribution in [1.29, 1.82) is 0 Å². The first-order valence-electron chi connectivity index (χ1n) is 10.3. The van der Waals surface area contributed by atoms with Crippen molar-refractivity contribution in [3.8, 4) is 11.3 Å². The molecular weight excluding hydrogens is 379 g/mol. The highest BCUT2D eigenvalue weighted by Gasteiger charge is 2.42. The largest absolute Gasteiger partial charge is 0.357 e. The van der Waals surface area contributed by atoms with E-state index in [2.05, 4.69) is 34.6 Å². The Bertz CT molecular complexity index is 1100. The molecule has 0 radical (unpaired) electrons. The summed E-state index contributed by atoms with van der Waals surface area (Å²) in [6, 6.07) is 14.3. The lowest BCUT2D eigenvalue weighted by Gasteiger charge is -2.45. The number of aromatic nitrogens is 2. The summed E-state index contributed by atoms with van der Waals surface area (Å²) in [7, 11) is 1.83. The van der Waals surface area contributed by atoms with Gasteiger partial charge in [0.15, 0.2) is 0 Å². The van der Waals surface area contributed by atoms with E-state index >= 15 is 0 Å². The van der Waals surface area contributed by atoms with Gasteiger partial charge in [-0.3, -0.25) is 4.79 Å².